The zero-order valence-electron chi connectivity index (χ0n) is 13.0. The molecule has 0 saturated carbocycles. The molecule has 0 radical (unpaired) electrons. The van der Waals surface area contributed by atoms with Crippen molar-refractivity contribution in [2.24, 2.45) is 0 Å². The van der Waals surface area contributed by atoms with E-state index >= 15 is 0 Å². The van der Waals surface area contributed by atoms with Crippen LogP contribution in [0.15, 0.2) is 47.1 Å². The fourth-order valence-corrected chi connectivity index (χ4v) is 2.40. The third kappa shape index (κ3) is 5.15. The van der Waals surface area contributed by atoms with Gasteiger partial charge in [-0.05, 0) is 44.5 Å². The molecule has 1 heterocycles. The van der Waals surface area contributed by atoms with Gasteiger partial charge < -0.3 is 10.6 Å². The standard InChI is InChI=1S/C17H20BrN3O/c1-17(2,3)21-13-8-9-15(19-11-13)20-16(22)10-12-6-4-5-7-14(12)18/h4-9,11,21H,10H2,1-3H3,(H,19,20,22). The van der Waals surface area contributed by atoms with Gasteiger partial charge in [0.25, 0.3) is 0 Å². The molecular formula is C17H20BrN3O. The van der Waals surface area contributed by atoms with Crippen LogP contribution in [0.2, 0.25) is 0 Å². The van der Waals surface area contributed by atoms with Crippen molar-refractivity contribution in [3.05, 3.63) is 52.6 Å². The Labute approximate surface area is 139 Å². The van der Waals surface area contributed by atoms with Gasteiger partial charge in [0.1, 0.15) is 5.82 Å². The lowest BCUT2D eigenvalue weighted by Crippen LogP contribution is -2.26. The average molecular weight is 362 g/mol. The number of rotatable bonds is 4. The van der Waals surface area contributed by atoms with Crippen LogP contribution in [0.5, 0.6) is 0 Å². The smallest absolute Gasteiger partial charge is 0.229 e. The summed E-state index contributed by atoms with van der Waals surface area (Å²) in [7, 11) is 0. The van der Waals surface area contributed by atoms with E-state index in [1.54, 1.807) is 12.3 Å². The highest BCUT2D eigenvalue weighted by Gasteiger charge is 2.10. The molecule has 1 aromatic carbocycles. The molecule has 22 heavy (non-hydrogen) atoms. The van der Waals surface area contributed by atoms with Gasteiger partial charge >= 0.3 is 0 Å². The molecule has 0 unspecified atom stereocenters. The zero-order valence-corrected chi connectivity index (χ0v) is 14.6. The minimum atomic E-state index is -0.0871. The zero-order chi connectivity index (χ0) is 16.2. The molecule has 1 amide bonds. The lowest BCUT2D eigenvalue weighted by atomic mass is 10.1. The molecule has 4 nitrogen and oxygen atoms in total. The number of carbonyl (C=O) groups is 1. The van der Waals surface area contributed by atoms with Gasteiger partial charge in [0, 0.05) is 10.0 Å². The monoisotopic (exact) mass is 361 g/mol. The van der Waals surface area contributed by atoms with Crippen LogP contribution in [0.1, 0.15) is 26.3 Å². The van der Waals surface area contributed by atoms with Gasteiger partial charge in [-0.15, -0.1) is 0 Å². The van der Waals surface area contributed by atoms with Crippen molar-refractivity contribution in [1.29, 1.82) is 0 Å². The average Bonchev–Trinajstić information content (AvgIpc) is 2.42. The molecule has 1 aromatic heterocycles. The number of carbonyl (C=O) groups excluding carboxylic acids is 1. The van der Waals surface area contributed by atoms with Gasteiger partial charge in [-0.1, -0.05) is 34.1 Å². The summed E-state index contributed by atoms with van der Waals surface area (Å²) in [5.41, 5.74) is 1.86. The van der Waals surface area contributed by atoms with E-state index in [1.807, 2.05) is 30.3 Å². The van der Waals surface area contributed by atoms with Crippen LogP contribution in [-0.4, -0.2) is 16.4 Å². The molecule has 5 heteroatoms. The molecule has 0 aliphatic carbocycles. The molecule has 0 bridgehead atoms. The first kappa shape index (κ1) is 16.5. The summed E-state index contributed by atoms with van der Waals surface area (Å²) in [4.78, 5) is 16.3. The Kier molecular flexibility index (Phi) is 5.19. The second-order valence-electron chi connectivity index (χ2n) is 6.12. The molecule has 2 rings (SSSR count). The first-order valence-electron chi connectivity index (χ1n) is 7.11. The number of anilines is 2. The van der Waals surface area contributed by atoms with Crippen LogP contribution in [-0.2, 0) is 11.2 Å². The second-order valence-corrected chi connectivity index (χ2v) is 6.98. The van der Waals surface area contributed by atoms with Crippen molar-refractivity contribution in [2.45, 2.75) is 32.7 Å². The summed E-state index contributed by atoms with van der Waals surface area (Å²) in [5.74, 6) is 0.465. The number of halogens is 1. The molecule has 2 N–H and O–H groups in total. The van der Waals surface area contributed by atoms with E-state index in [9.17, 15) is 4.79 Å². The Morgan fingerprint density at radius 1 is 1.18 bits per heavy atom. The van der Waals surface area contributed by atoms with E-state index in [4.69, 9.17) is 0 Å². The fourth-order valence-electron chi connectivity index (χ4n) is 1.98. The Morgan fingerprint density at radius 2 is 1.91 bits per heavy atom. The predicted molar refractivity (Wildman–Crippen MR) is 94.1 cm³/mol. The molecular weight excluding hydrogens is 342 g/mol. The van der Waals surface area contributed by atoms with Crippen molar-refractivity contribution in [3.63, 3.8) is 0 Å². The lowest BCUT2D eigenvalue weighted by Gasteiger charge is -2.21. The van der Waals surface area contributed by atoms with E-state index in [1.165, 1.54) is 0 Å². The van der Waals surface area contributed by atoms with Crippen LogP contribution in [0.4, 0.5) is 11.5 Å². The molecule has 0 aliphatic heterocycles. The first-order chi connectivity index (χ1) is 10.3. The van der Waals surface area contributed by atoms with Gasteiger partial charge in [0.05, 0.1) is 18.3 Å². The first-order valence-corrected chi connectivity index (χ1v) is 7.90. The van der Waals surface area contributed by atoms with Crippen LogP contribution >= 0.6 is 15.9 Å². The Morgan fingerprint density at radius 3 is 2.50 bits per heavy atom. The summed E-state index contributed by atoms with van der Waals surface area (Å²) in [6.07, 6.45) is 2.03. The fraction of sp³-hybridized carbons (Fsp3) is 0.294. The number of pyridine rings is 1. The second kappa shape index (κ2) is 6.92. The largest absolute Gasteiger partial charge is 0.379 e. The minimum absolute atomic E-state index is 0.0218. The highest BCUT2D eigenvalue weighted by Crippen LogP contribution is 2.18. The summed E-state index contributed by atoms with van der Waals surface area (Å²) in [6, 6.07) is 11.4. The number of hydrogen-bond donors (Lipinski definition) is 2. The Hall–Kier alpha value is -1.88. The highest BCUT2D eigenvalue weighted by molar-refractivity contribution is 9.10. The lowest BCUT2D eigenvalue weighted by molar-refractivity contribution is -0.115. The third-order valence-corrected chi connectivity index (χ3v) is 3.63. The van der Waals surface area contributed by atoms with E-state index < -0.39 is 0 Å². The van der Waals surface area contributed by atoms with Crippen LogP contribution in [0.25, 0.3) is 0 Å². The predicted octanol–water partition coefficient (Wildman–Crippen LogP) is 4.24. The normalized spacial score (nSPS) is 11.1. The van der Waals surface area contributed by atoms with E-state index in [2.05, 4.69) is 52.3 Å². The van der Waals surface area contributed by atoms with Crippen molar-refractivity contribution in [1.82, 2.24) is 4.98 Å². The molecule has 0 spiro atoms. The molecule has 0 atom stereocenters. The van der Waals surface area contributed by atoms with Gasteiger partial charge in [-0.3, -0.25) is 4.79 Å². The van der Waals surface area contributed by atoms with Crippen LogP contribution < -0.4 is 10.6 Å². The quantitative estimate of drug-likeness (QED) is 0.856. The van der Waals surface area contributed by atoms with Crippen molar-refractivity contribution in [2.75, 3.05) is 10.6 Å². The SMILES string of the molecule is CC(C)(C)Nc1ccc(NC(=O)Cc2ccccc2Br)nc1. The number of hydrogen-bond acceptors (Lipinski definition) is 3. The maximum absolute atomic E-state index is 12.1. The van der Waals surface area contributed by atoms with E-state index in [-0.39, 0.29) is 11.4 Å². The molecule has 0 saturated heterocycles. The number of nitrogens with zero attached hydrogens (tertiary/aromatic N) is 1. The van der Waals surface area contributed by atoms with Gasteiger partial charge in [-0.25, -0.2) is 4.98 Å². The molecule has 116 valence electrons. The Balaban J connectivity index is 1.96. The number of amides is 1. The van der Waals surface area contributed by atoms with Crippen molar-refractivity contribution >= 4 is 33.3 Å². The van der Waals surface area contributed by atoms with E-state index in [0.29, 0.717) is 12.2 Å². The van der Waals surface area contributed by atoms with Crippen molar-refractivity contribution < 1.29 is 4.79 Å². The minimum Gasteiger partial charge on any atom is -0.379 e. The van der Waals surface area contributed by atoms with Gasteiger partial charge in [0.15, 0.2) is 0 Å². The van der Waals surface area contributed by atoms with Gasteiger partial charge in [0.2, 0.25) is 5.91 Å². The summed E-state index contributed by atoms with van der Waals surface area (Å²) < 4.78 is 0.933. The maximum atomic E-state index is 12.1. The maximum Gasteiger partial charge on any atom is 0.229 e. The number of nitrogens with one attached hydrogen (secondary N) is 2. The number of benzene rings is 1. The molecule has 0 aliphatic rings. The van der Waals surface area contributed by atoms with Crippen LogP contribution in [0, 0.1) is 0 Å². The summed E-state index contributed by atoms with van der Waals surface area (Å²) >= 11 is 3.44. The topological polar surface area (TPSA) is 54.0 Å². The molecule has 0 fully saturated rings. The third-order valence-electron chi connectivity index (χ3n) is 2.86. The van der Waals surface area contributed by atoms with Crippen molar-refractivity contribution in [3.8, 4) is 0 Å². The van der Waals surface area contributed by atoms with Crippen LogP contribution in [0.3, 0.4) is 0 Å². The highest BCUT2D eigenvalue weighted by atomic mass is 79.9. The Bertz CT molecular complexity index is 648. The summed E-state index contributed by atoms with van der Waals surface area (Å²) in [5, 5.41) is 6.14. The van der Waals surface area contributed by atoms with Gasteiger partial charge in [-0.2, -0.15) is 0 Å². The number of aromatic nitrogens is 1. The molecule has 2 aromatic rings. The summed E-state index contributed by atoms with van der Waals surface area (Å²) in [6.45, 7) is 6.25. The van der Waals surface area contributed by atoms with E-state index in [0.717, 1.165) is 15.7 Å².